The molecule has 152 valence electrons. The van der Waals surface area contributed by atoms with Crippen molar-refractivity contribution in [2.45, 2.75) is 38.8 Å². The zero-order valence-corrected chi connectivity index (χ0v) is 19.1. The topological polar surface area (TPSA) is 60.0 Å². The second kappa shape index (κ2) is 12.9. The van der Waals surface area contributed by atoms with Crippen LogP contribution in [0.5, 0.6) is 0 Å². The number of likely N-dealkylation sites (N-methyl/N-ethyl adjacent to an activating group) is 1. The predicted molar refractivity (Wildman–Crippen MR) is 123 cm³/mol. The van der Waals surface area contributed by atoms with E-state index >= 15 is 0 Å². The van der Waals surface area contributed by atoms with Gasteiger partial charge in [-0.15, -0.1) is 24.0 Å². The SMILES string of the molecule is CCCN1CCC(NC(=NCc2ccccc2)NCC(=O)N(C)C)CC1.I. The summed E-state index contributed by atoms with van der Waals surface area (Å²) in [6.45, 7) is 6.49. The minimum Gasteiger partial charge on any atom is -0.354 e. The number of halogens is 1. The maximum absolute atomic E-state index is 11.9. The van der Waals surface area contributed by atoms with Gasteiger partial charge in [0.05, 0.1) is 13.1 Å². The van der Waals surface area contributed by atoms with E-state index < -0.39 is 0 Å². The number of guanidine groups is 1. The molecule has 2 rings (SSSR count). The molecule has 27 heavy (non-hydrogen) atoms. The van der Waals surface area contributed by atoms with Gasteiger partial charge in [0.15, 0.2) is 5.96 Å². The van der Waals surface area contributed by atoms with Gasteiger partial charge in [0.25, 0.3) is 0 Å². The van der Waals surface area contributed by atoms with E-state index in [0.717, 1.165) is 37.5 Å². The van der Waals surface area contributed by atoms with Gasteiger partial charge in [0.1, 0.15) is 0 Å². The minimum absolute atomic E-state index is 0. The zero-order valence-electron chi connectivity index (χ0n) is 16.8. The molecule has 1 aliphatic rings. The van der Waals surface area contributed by atoms with E-state index in [9.17, 15) is 4.79 Å². The monoisotopic (exact) mass is 487 g/mol. The summed E-state index contributed by atoms with van der Waals surface area (Å²) in [7, 11) is 3.53. The van der Waals surface area contributed by atoms with Crippen LogP contribution in [0.3, 0.4) is 0 Å². The van der Waals surface area contributed by atoms with Crippen molar-refractivity contribution >= 4 is 35.8 Å². The average molecular weight is 487 g/mol. The number of nitrogens with one attached hydrogen (secondary N) is 2. The lowest BCUT2D eigenvalue weighted by Crippen LogP contribution is -2.50. The number of carbonyl (C=O) groups is 1. The van der Waals surface area contributed by atoms with Gasteiger partial charge in [0.2, 0.25) is 5.91 Å². The molecule has 0 spiro atoms. The second-order valence-electron chi connectivity index (χ2n) is 7.05. The van der Waals surface area contributed by atoms with E-state index in [1.165, 1.54) is 13.0 Å². The number of aliphatic imine (C=N–C) groups is 1. The molecule has 0 radical (unpaired) electrons. The highest BCUT2D eigenvalue weighted by molar-refractivity contribution is 14.0. The molecule has 0 bridgehead atoms. The maximum atomic E-state index is 11.9. The largest absolute Gasteiger partial charge is 0.354 e. The van der Waals surface area contributed by atoms with Gasteiger partial charge in [-0.1, -0.05) is 37.3 Å². The molecule has 1 aliphatic heterocycles. The Morgan fingerprint density at radius 3 is 2.48 bits per heavy atom. The number of nitrogens with zero attached hydrogens (tertiary/aromatic N) is 3. The third-order valence-corrected chi connectivity index (χ3v) is 4.64. The summed E-state index contributed by atoms with van der Waals surface area (Å²) in [5.74, 6) is 0.759. The Kier molecular flexibility index (Phi) is 11.3. The highest BCUT2D eigenvalue weighted by Crippen LogP contribution is 2.10. The molecular weight excluding hydrogens is 453 g/mol. The fourth-order valence-electron chi connectivity index (χ4n) is 3.03. The first kappa shape index (κ1) is 23.7. The Balaban J connectivity index is 0.00000364. The number of benzene rings is 1. The molecule has 0 aromatic heterocycles. The van der Waals surface area contributed by atoms with Crippen molar-refractivity contribution in [2.75, 3.05) is 40.3 Å². The first-order valence-corrected chi connectivity index (χ1v) is 9.59. The quantitative estimate of drug-likeness (QED) is 0.352. The summed E-state index contributed by atoms with van der Waals surface area (Å²) in [6.07, 6.45) is 3.41. The molecule has 7 heteroatoms. The van der Waals surface area contributed by atoms with Gasteiger partial charge in [-0.3, -0.25) is 4.79 Å². The van der Waals surface area contributed by atoms with Crippen LogP contribution in [0.25, 0.3) is 0 Å². The highest BCUT2D eigenvalue weighted by atomic mass is 127. The lowest BCUT2D eigenvalue weighted by atomic mass is 10.1. The number of likely N-dealkylation sites (tertiary alicyclic amines) is 1. The molecule has 1 saturated heterocycles. The average Bonchev–Trinajstić information content (AvgIpc) is 2.66. The Morgan fingerprint density at radius 2 is 1.89 bits per heavy atom. The summed E-state index contributed by atoms with van der Waals surface area (Å²) < 4.78 is 0. The summed E-state index contributed by atoms with van der Waals surface area (Å²) in [6, 6.07) is 10.6. The van der Waals surface area contributed by atoms with E-state index in [1.807, 2.05) is 18.2 Å². The van der Waals surface area contributed by atoms with Crippen molar-refractivity contribution in [1.29, 1.82) is 0 Å². The summed E-state index contributed by atoms with van der Waals surface area (Å²) in [5, 5.41) is 6.71. The van der Waals surface area contributed by atoms with Gasteiger partial charge in [-0.25, -0.2) is 4.99 Å². The number of piperidine rings is 1. The molecule has 1 amide bonds. The number of rotatable bonds is 7. The number of carbonyl (C=O) groups excluding carboxylic acids is 1. The predicted octanol–water partition coefficient (Wildman–Crippen LogP) is 2.30. The summed E-state index contributed by atoms with van der Waals surface area (Å²) in [4.78, 5) is 20.7. The fourth-order valence-corrected chi connectivity index (χ4v) is 3.03. The molecule has 1 aromatic carbocycles. The van der Waals surface area contributed by atoms with Crippen molar-refractivity contribution in [3.63, 3.8) is 0 Å². The van der Waals surface area contributed by atoms with E-state index in [-0.39, 0.29) is 36.4 Å². The van der Waals surface area contributed by atoms with Crippen LogP contribution >= 0.6 is 24.0 Å². The van der Waals surface area contributed by atoms with Crippen molar-refractivity contribution in [3.05, 3.63) is 35.9 Å². The minimum atomic E-state index is 0. The van der Waals surface area contributed by atoms with Crippen LogP contribution in [0.1, 0.15) is 31.7 Å². The molecule has 0 atom stereocenters. The molecule has 2 N–H and O–H groups in total. The zero-order chi connectivity index (χ0) is 18.8. The molecule has 1 aromatic rings. The molecule has 0 unspecified atom stereocenters. The summed E-state index contributed by atoms with van der Waals surface area (Å²) in [5.41, 5.74) is 1.16. The first-order chi connectivity index (χ1) is 12.6. The van der Waals surface area contributed by atoms with E-state index in [4.69, 9.17) is 0 Å². The Labute approximate surface area is 180 Å². The van der Waals surface area contributed by atoms with Crippen LogP contribution in [-0.4, -0.2) is 68.0 Å². The van der Waals surface area contributed by atoms with Crippen LogP contribution < -0.4 is 10.6 Å². The standard InChI is InChI=1S/C20H33N5O.HI/c1-4-12-25-13-10-18(11-14-25)23-20(22-16-19(26)24(2)3)21-15-17-8-6-5-7-9-17;/h5-9,18H,4,10-16H2,1-3H3,(H2,21,22,23);1H. The van der Waals surface area contributed by atoms with Gasteiger partial charge in [-0.05, 0) is 31.4 Å². The second-order valence-corrected chi connectivity index (χ2v) is 7.05. The number of amides is 1. The van der Waals surface area contributed by atoms with E-state index in [2.05, 4.69) is 39.6 Å². The van der Waals surface area contributed by atoms with Gasteiger partial charge >= 0.3 is 0 Å². The first-order valence-electron chi connectivity index (χ1n) is 9.59. The third-order valence-electron chi connectivity index (χ3n) is 4.64. The van der Waals surface area contributed by atoms with Crippen LogP contribution in [0.4, 0.5) is 0 Å². The van der Waals surface area contributed by atoms with E-state index in [0.29, 0.717) is 12.6 Å². The van der Waals surface area contributed by atoms with Gasteiger partial charge in [0, 0.05) is 33.2 Å². The van der Waals surface area contributed by atoms with Crippen molar-refractivity contribution in [2.24, 2.45) is 4.99 Å². The van der Waals surface area contributed by atoms with E-state index in [1.54, 1.807) is 19.0 Å². The fraction of sp³-hybridized carbons (Fsp3) is 0.600. The number of hydrogen-bond donors (Lipinski definition) is 2. The Hall–Kier alpha value is -1.35. The Bertz CT molecular complexity index is 571. The van der Waals surface area contributed by atoms with Crippen LogP contribution in [0.2, 0.25) is 0 Å². The normalized spacial score (nSPS) is 15.7. The smallest absolute Gasteiger partial charge is 0.241 e. The van der Waals surface area contributed by atoms with Crippen molar-refractivity contribution in [1.82, 2.24) is 20.4 Å². The lowest BCUT2D eigenvalue weighted by Gasteiger charge is -2.32. The maximum Gasteiger partial charge on any atom is 0.241 e. The van der Waals surface area contributed by atoms with Crippen LogP contribution in [0, 0.1) is 0 Å². The molecule has 1 fully saturated rings. The van der Waals surface area contributed by atoms with Crippen molar-refractivity contribution in [3.8, 4) is 0 Å². The molecule has 0 saturated carbocycles. The Morgan fingerprint density at radius 1 is 1.22 bits per heavy atom. The summed E-state index contributed by atoms with van der Waals surface area (Å²) >= 11 is 0. The lowest BCUT2D eigenvalue weighted by molar-refractivity contribution is -0.127. The van der Waals surface area contributed by atoms with Gasteiger partial charge in [-0.2, -0.15) is 0 Å². The third kappa shape index (κ3) is 8.92. The molecule has 6 nitrogen and oxygen atoms in total. The van der Waals surface area contributed by atoms with Crippen LogP contribution in [0.15, 0.2) is 35.3 Å². The van der Waals surface area contributed by atoms with Crippen LogP contribution in [-0.2, 0) is 11.3 Å². The highest BCUT2D eigenvalue weighted by Gasteiger charge is 2.19. The molecule has 0 aliphatic carbocycles. The molecule has 1 heterocycles. The molecular formula is C20H34IN5O. The number of hydrogen-bond acceptors (Lipinski definition) is 3. The van der Waals surface area contributed by atoms with Crippen molar-refractivity contribution < 1.29 is 4.79 Å². The van der Waals surface area contributed by atoms with Gasteiger partial charge < -0.3 is 20.4 Å².